The van der Waals surface area contributed by atoms with E-state index in [0.29, 0.717) is 16.5 Å². The molecule has 0 saturated heterocycles. The summed E-state index contributed by atoms with van der Waals surface area (Å²) in [7, 11) is 1.31. The van der Waals surface area contributed by atoms with Crippen LogP contribution in [-0.4, -0.2) is 37.3 Å². The lowest BCUT2D eigenvalue weighted by Gasteiger charge is -2.18. The molecule has 0 aliphatic heterocycles. The predicted octanol–water partition coefficient (Wildman–Crippen LogP) is 2.51. The number of hydrogen-bond donors (Lipinski definition) is 1. The topological polar surface area (TPSA) is 98.8 Å². The van der Waals surface area contributed by atoms with Crippen LogP contribution in [0, 0.1) is 5.92 Å². The average molecular weight is 381 g/mol. The second kappa shape index (κ2) is 8.93. The fraction of sp³-hybridized carbons (Fsp3) is 0.556. The third-order valence-corrected chi connectivity index (χ3v) is 5.37. The summed E-state index contributed by atoms with van der Waals surface area (Å²) < 4.78 is 9.72. The van der Waals surface area contributed by atoms with E-state index >= 15 is 0 Å². The molecule has 1 aromatic heterocycles. The predicted molar refractivity (Wildman–Crippen MR) is 96.4 cm³/mol. The van der Waals surface area contributed by atoms with Gasteiger partial charge in [0.2, 0.25) is 0 Å². The first-order valence-corrected chi connectivity index (χ1v) is 9.31. The lowest BCUT2D eigenvalue weighted by atomic mass is 9.88. The van der Waals surface area contributed by atoms with Crippen molar-refractivity contribution >= 4 is 40.0 Å². The number of esters is 2. The molecule has 8 heteroatoms. The van der Waals surface area contributed by atoms with Crippen LogP contribution < -0.4 is 5.32 Å². The van der Waals surface area contributed by atoms with Crippen molar-refractivity contribution in [3.8, 4) is 0 Å². The molecular weight excluding hydrogens is 358 g/mol. The molecule has 1 atom stereocenters. The molecule has 1 aliphatic carbocycles. The Hall–Kier alpha value is -2.22. The van der Waals surface area contributed by atoms with Crippen LogP contribution in [-0.2, 0) is 36.7 Å². The molecule has 0 unspecified atom stereocenters. The summed E-state index contributed by atoms with van der Waals surface area (Å²) in [4.78, 5) is 47.7. The minimum atomic E-state index is -0.608. The van der Waals surface area contributed by atoms with E-state index in [1.54, 1.807) is 0 Å². The van der Waals surface area contributed by atoms with Crippen LogP contribution in [0.3, 0.4) is 0 Å². The summed E-state index contributed by atoms with van der Waals surface area (Å²) in [6.07, 6.45) is 2.64. The Morgan fingerprint density at radius 3 is 2.62 bits per heavy atom. The smallest absolute Gasteiger partial charge is 0.341 e. The molecule has 142 valence electrons. The number of ether oxygens (including phenoxy) is 2. The van der Waals surface area contributed by atoms with Crippen LogP contribution in [0.25, 0.3) is 0 Å². The van der Waals surface area contributed by atoms with Gasteiger partial charge in [0.05, 0.1) is 19.1 Å². The van der Waals surface area contributed by atoms with Gasteiger partial charge < -0.3 is 19.6 Å². The van der Waals surface area contributed by atoms with Gasteiger partial charge >= 0.3 is 11.9 Å². The molecule has 1 heterocycles. The molecule has 0 aromatic carbocycles. The molecule has 0 fully saturated rings. The number of carbonyl (C=O) groups excluding carboxylic acids is 4. The number of fused-ring (bicyclic) bond motifs is 1. The summed E-state index contributed by atoms with van der Waals surface area (Å²) in [6, 6.07) is 0. The number of hydrogen-bond acceptors (Lipinski definition) is 7. The average Bonchev–Trinajstić information content (AvgIpc) is 2.94. The highest BCUT2D eigenvalue weighted by atomic mass is 32.1. The van der Waals surface area contributed by atoms with Crippen LogP contribution in [0.15, 0.2) is 0 Å². The van der Waals surface area contributed by atoms with Crippen LogP contribution in [0.1, 0.15) is 53.9 Å². The highest BCUT2D eigenvalue weighted by molar-refractivity contribution is 7.17. The SMILES string of the molecule is COC(=O)c1c(NC(=O)COC(=O)CCC(C)=O)sc2c1CC[C@H](C)C2. The van der Waals surface area contributed by atoms with Crippen LogP contribution in [0.4, 0.5) is 5.00 Å². The van der Waals surface area contributed by atoms with E-state index in [-0.39, 0.29) is 18.6 Å². The zero-order chi connectivity index (χ0) is 19.3. The fourth-order valence-electron chi connectivity index (χ4n) is 2.82. The Kier molecular flexibility index (Phi) is 6.90. The van der Waals surface area contributed by atoms with Crippen molar-refractivity contribution in [2.75, 3.05) is 19.0 Å². The molecule has 1 amide bonds. The molecule has 1 N–H and O–H groups in total. The second-order valence-electron chi connectivity index (χ2n) is 6.46. The van der Waals surface area contributed by atoms with Crippen molar-refractivity contribution in [3.05, 3.63) is 16.0 Å². The number of methoxy groups -OCH3 is 1. The van der Waals surface area contributed by atoms with Crippen molar-refractivity contribution in [2.45, 2.75) is 46.0 Å². The Balaban J connectivity index is 2.04. The standard InChI is InChI=1S/C18H23NO6S/c1-10-4-6-12-13(8-10)26-17(16(12)18(23)24-3)19-14(21)9-25-15(22)7-5-11(2)20/h10H,4-9H2,1-3H3,(H,19,21)/t10-/m0/s1. The summed E-state index contributed by atoms with van der Waals surface area (Å²) in [5, 5.41) is 3.08. The van der Waals surface area contributed by atoms with Gasteiger partial charge in [-0.15, -0.1) is 11.3 Å². The van der Waals surface area contributed by atoms with E-state index in [4.69, 9.17) is 9.47 Å². The molecule has 2 rings (SSSR count). The maximum atomic E-state index is 12.2. The van der Waals surface area contributed by atoms with Gasteiger partial charge in [-0.2, -0.15) is 0 Å². The van der Waals surface area contributed by atoms with Gasteiger partial charge in [-0.1, -0.05) is 6.92 Å². The fourth-order valence-corrected chi connectivity index (χ4v) is 4.23. The Bertz CT molecular complexity index is 724. The number of thiophene rings is 1. The first-order valence-electron chi connectivity index (χ1n) is 8.49. The molecule has 0 radical (unpaired) electrons. The Morgan fingerprint density at radius 2 is 1.96 bits per heavy atom. The quantitative estimate of drug-likeness (QED) is 0.729. The minimum absolute atomic E-state index is 0.0544. The van der Waals surface area contributed by atoms with Crippen molar-refractivity contribution in [1.29, 1.82) is 0 Å². The first kappa shape index (κ1) is 20.1. The Labute approximate surface area is 156 Å². The summed E-state index contributed by atoms with van der Waals surface area (Å²) in [5.74, 6) is -1.21. The molecule has 0 bridgehead atoms. The van der Waals surface area contributed by atoms with Gasteiger partial charge in [-0.3, -0.25) is 9.59 Å². The minimum Gasteiger partial charge on any atom is -0.465 e. The lowest BCUT2D eigenvalue weighted by molar-refractivity contribution is -0.148. The highest BCUT2D eigenvalue weighted by Gasteiger charge is 2.29. The number of ketones is 1. The second-order valence-corrected chi connectivity index (χ2v) is 7.56. The zero-order valence-electron chi connectivity index (χ0n) is 15.2. The molecule has 1 aromatic rings. The number of anilines is 1. The molecule has 7 nitrogen and oxygen atoms in total. The molecule has 0 spiro atoms. The number of rotatable bonds is 7. The van der Waals surface area contributed by atoms with Gasteiger partial charge in [-0.05, 0) is 37.7 Å². The zero-order valence-corrected chi connectivity index (χ0v) is 16.0. The summed E-state index contributed by atoms with van der Waals surface area (Å²) >= 11 is 1.37. The number of carbonyl (C=O) groups is 4. The van der Waals surface area contributed by atoms with Crippen molar-refractivity contribution in [2.24, 2.45) is 5.92 Å². The van der Waals surface area contributed by atoms with Crippen molar-refractivity contribution in [3.63, 3.8) is 0 Å². The highest BCUT2D eigenvalue weighted by Crippen LogP contribution is 2.39. The van der Waals surface area contributed by atoms with Crippen molar-refractivity contribution in [1.82, 2.24) is 0 Å². The van der Waals surface area contributed by atoms with E-state index in [2.05, 4.69) is 12.2 Å². The van der Waals surface area contributed by atoms with E-state index in [9.17, 15) is 19.2 Å². The third kappa shape index (κ3) is 5.14. The Morgan fingerprint density at radius 1 is 1.23 bits per heavy atom. The number of amides is 1. The maximum Gasteiger partial charge on any atom is 0.341 e. The van der Waals surface area contributed by atoms with Gasteiger partial charge in [0.15, 0.2) is 6.61 Å². The normalized spacial score (nSPS) is 15.7. The maximum absolute atomic E-state index is 12.2. The van der Waals surface area contributed by atoms with Crippen LogP contribution >= 0.6 is 11.3 Å². The van der Waals surface area contributed by atoms with Gasteiger partial charge in [0, 0.05) is 11.3 Å². The first-order chi connectivity index (χ1) is 12.3. The van der Waals surface area contributed by atoms with Gasteiger partial charge in [-0.25, -0.2) is 4.79 Å². The van der Waals surface area contributed by atoms with Gasteiger partial charge in [0.1, 0.15) is 10.8 Å². The number of nitrogens with one attached hydrogen (secondary N) is 1. The van der Waals surface area contributed by atoms with E-state index in [0.717, 1.165) is 29.7 Å². The van der Waals surface area contributed by atoms with Crippen molar-refractivity contribution < 1.29 is 28.7 Å². The van der Waals surface area contributed by atoms with E-state index in [1.807, 2.05) is 0 Å². The lowest BCUT2D eigenvalue weighted by Crippen LogP contribution is -2.22. The summed E-state index contributed by atoms with van der Waals surface area (Å²) in [5.41, 5.74) is 1.34. The molecular formula is C18H23NO6S. The largest absolute Gasteiger partial charge is 0.465 e. The monoisotopic (exact) mass is 381 g/mol. The third-order valence-electron chi connectivity index (χ3n) is 4.20. The summed E-state index contributed by atoms with van der Waals surface area (Å²) in [6.45, 7) is 3.07. The van der Waals surface area contributed by atoms with Crippen LogP contribution in [0.5, 0.6) is 0 Å². The molecule has 1 aliphatic rings. The number of Topliss-reactive ketones (excluding diaryl/α,β-unsaturated/α-hetero) is 1. The van der Waals surface area contributed by atoms with Gasteiger partial charge in [0.25, 0.3) is 5.91 Å². The molecule has 26 heavy (non-hydrogen) atoms. The molecule has 0 saturated carbocycles. The van der Waals surface area contributed by atoms with E-state index < -0.39 is 24.5 Å². The van der Waals surface area contributed by atoms with Crippen LogP contribution in [0.2, 0.25) is 0 Å². The van der Waals surface area contributed by atoms with E-state index in [1.165, 1.54) is 25.4 Å².